The van der Waals surface area contributed by atoms with Gasteiger partial charge in [0.2, 0.25) is 0 Å². The third-order valence-electron chi connectivity index (χ3n) is 4.63. The molecule has 1 aromatic carbocycles. The number of amides is 1. The first-order valence-electron chi connectivity index (χ1n) is 8.27. The van der Waals surface area contributed by atoms with E-state index in [4.69, 9.17) is 4.42 Å². The molecule has 6 heteroatoms. The maximum atomic E-state index is 12.9. The van der Waals surface area contributed by atoms with Crippen molar-refractivity contribution in [1.82, 2.24) is 9.88 Å². The van der Waals surface area contributed by atoms with E-state index in [1.807, 2.05) is 48.2 Å². The fourth-order valence-electron chi connectivity index (χ4n) is 3.22. The van der Waals surface area contributed by atoms with E-state index in [9.17, 15) is 4.79 Å². The van der Waals surface area contributed by atoms with Crippen LogP contribution in [0.5, 0.6) is 0 Å². The molecule has 4 rings (SSSR count). The van der Waals surface area contributed by atoms with Gasteiger partial charge in [-0.05, 0) is 37.3 Å². The van der Waals surface area contributed by atoms with Crippen LogP contribution in [0.15, 0.2) is 51.5 Å². The molecule has 5 nitrogen and oxygen atoms in total. The minimum absolute atomic E-state index is 0.0366. The second kappa shape index (κ2) is 6.52. The van der Waals surface area contributed by atoms with Crippen LogP contribution in [0.25, 0.3) is 11.0 Å². The van der Waals surface area contributed by atoms with Crippen molar-refractivity contribution in [1.29, 1.82) is 0 Å². The molecule has 0 saturated carbocycles. The van der Waals surface area contributed by atoms with Crippen LogP contribution in [0, 0.1) is 6.92 Å². The van der Waals surface area contributed by atoms with Gasteiger partial charge in [0.1, 0.15) is 11.4 Å². The standard InChI is InChI=1S/C19H18BrN3O2/c1-13-15-12-14(20)5-6-16(15)25-18(13)19(24)23-10-8-22(9-11-23)17-4-2-3-7-21-17/h2-7,12H,8-11H2,1H3. The van der Waals surface area contributed by atoms with Crippen molar-refractivity contribution in [3.8, 4) is 0 Å². The fraction of sp³-hybridized carbons (Fsp3) is 0.263. The van der Waals surface area contributed by atoms with E-state index in [1.54, 1.807) is 6.20 Å². The van der Waals surface area contributed by atoms with E-state index in [2.05, 4.69) is 25.8 Å². The van der Waals surface area contributed by atoms with Gasteiger partial charge in [-0.3, -0.25) is 4.79 Å². The number of halogens is 1. The number of fused-ring (bicyclic) bond motifs is 1. The third-order valence-corrected chi connectivity index (χ3v) is 5.13. The molecule has 0 aliphatic carbocycles. The Morgan fingerprint density at radius 1 is 1.16 bits per heavy atom. The van der Waals surface area contributed by atoms with Crippen molar-refractivity contribution < 1.29 is 9.21 Å². The molecule has 1 saturated heterocycles. The number of carbonyl (C=O) groups is 1. The molecule has 0 unspecified atom stereocenters. The summed E-state index contributed by atoms with van der Waals surface area (Å²) in [6.07, 6.45) is 1.79. The van der Waals surface area contributed by atoms with Crippen LogP contribution in [-0.2, 0) is 0 Å². The first kappa shape index (κ1) is 16.1. The summed E-state index contributed by atoms with van der Waals surface area (Å²) in [6, 6.07) is 11.7. The zero-order chi connectivity index (χ0) is 17.4. The summed E-state index contributed by atoms with van der Waals surface area (Å²) in [5.74, 6) is 1.37. The van der Waals surface area contributed by atoms with Gasteiger partial charge in [-0.25, -0.2) is 4.98 Å². The molecule has 0 bridgehead atoms. The summed E-state index contributed by atoms with van der Waals surface area (Å²) < 4.78 is 6.82. The number of aromatic nitrogens is 1. The topological polar surface area (TPSA) is 49.6 Å². The number of hydrogen-bond donors (Lipinski definition) is 0. The van der Waals surface area contributed by atoms with Crippen LogP contribution in [-0.4, -0.2) is 42.0 Å². The number of nitrogens with zero attached hydrogens (tertiary/aromatic N) is 3. The molecular weight excluding hydrogens is 382 g/mol. The summed E-state index contributed by atoms with van der Waals surface area (Å²) in [5.41, 5.74) is 1.64. The zero-order valence-electron chi connectivity index (χ0n) is 13.9. The van der Waals surface area contributed by atoms with Gasteiger partial charge in [0.05, 0.1) is 0 Å². The summed E-state index contributed by atoms with van der Waals surface area (Å²) >= 11 is 3.47. The number of furan rings is 1. The summed E-state index contributed by atoms with van der Waals surface area (Å²) in [7, 11) is 0. The predicted octanol–water partition coefficient (Wildman–Crippen LogP) is 3.86. The molecule has 0 N–H and O–H groups in total. The molecule has 25 heavy (non-hydrogen) atoms. The van der Waals surface area contributed by atoms with Crippen LogP contribution >= 0.6 is 15.9 Å². The first-order chi connectivity index (χ1) is 12.1. The normalized spacial score (nSPS) is 15.0. The Morgan fingerprint density at radius 3 is 2.68 bits per heavy atom. The molecule has 1 amide bonds. The van der Waals surface area contributed by atoms with Crippen LogP contribution in [0.4, 0.5) is 5.82 Å². The van der Waals surface area contributed by atoms with E-state index < -0.39 is 0 Å². The molecule has 0 radical (unpaired) electrons. The minimum Gasteiger partial charge on any atom is -0.451 e. The smallest absolute Gasteiger partial charge is 0.290 e. The Balaban J connectivity index is 1.52. The van der Waals surface area contributed by atoms with Gasteiger partial charge >= 0.3 is 0 Å². The molecule has 1 aliphatic heterocycles. The van der Waals surface area contributed by atoms with Gasteiger partial charge in [-0.1, -0.05) is 22.0 Å². The lowest BCUT2D eigenvalue weighted by atomic mass is 10.1. The Hall–Kier alpha value is -2.34. The van der Waals surface area contributed by atoms with Crippen molar-refractivity contribution >= 4 is 38.6 Å². The number of carbonyl (C=O) groups excluding carboxylic acids is 1. The summed E-state index contributed by atoms with van der Waals surface area (Å²) in [4.78, 5) is 21.3. The van der Waals surface area contributed by atoms with Gasteiger partial charge in [0.25, 0.3) is 5.91 Å². The molecule has 2 aromatic heterocycles. The largest absolute Gasteiger partial charge is 0.451 e. The molecule has 1 fully saturated rings. The van der Waals surface area contributed by atoms with E-state index in [1.165, 1.54) is 0 Å². The zero-order valence-corrected chi connectivity index (χ0v) is 15.5. The van der Waals surface area contributed by atoms with Crippen LogP contribution in [0.1, 0.15) is 16.1 Å². The van der Waals surface area contributed by atoms with Crippen molar-refractivity contribution in [3.05, 3.63) is 58.4 Å². The van der Waals surface area contributed by atoms with Crippen molar-refractivity contribution in [2.45, 2.75) is 6.92 Å². The average molecular weight is 400 g/mol. The van der Waals surface area contributed by atoms with Crippen molar-refractivity contribution in [3.63, 3.8) is 0 Å². The van der Waals surface area contributed by atoms with E-state index >= 15 is 0 Å². The number of benzene rings is 1. The molecule has 0 spiro atoms. The predicted molar refractivity (Wildman–Crippen MR) is 101 cm³/mol. The highest BCUT2D eigenvalue weighted by Crippen LogP contribution is 2.29. The first-order valence-corrected chi connectivity index (χ1v) is 9.06. The lowest BCUT2D eigenvalue weighted by Crippen LogP contribution is -2.49. The number of anilines is 1. The van der Waals surface area contributed by atoms with Gasteiger partial charge in [-0.15, -0.1) is 0 Å². The van der Waals surface area contributed by atoms with Gasteiger partial charge < -0.3 is 14.2 Å². The quantitative estimate of drug-likeness (QED) is 0.656. The Kier molecular flexibility index (Phi) is 4.21. The van der Waals surface area contributed by atoms with Gasteiger partial charge in [0, 0.05) is 47.8 Å². The van der Waals surface area contributed by atoms with Crippen LogP contribution in [0.3, 0.4) is 0 Å². The molecular formula is C19H18BrN3O2. The molecule has 128 valence electrons. The number of piperazine rings is 1. The molecule has 3 aromatic rings. The SMILES string of the molecule is Cc1c(C(=O)N2CCN(c3ccccn3)CC2)oc2ccc(Br)cc12. The lowest BCUT2D eigenvalue weighted by Gasteiger charge is -2.35. The minimum atomic E-state index is -0.0366. The molecule has 0 atom stereocenters. The molecule has 3 heterocycles. The Labute approximate surface area is 154 Å². The highest BCUT2D eigenvalue weighted by molar-refractivity contribution is 9.10. The number of rotatable bonds is 2. The fourth-order valence-corrected chi connectivity index (χ4v) is 3.58. The van der Waals surface area contributed by atoms with Gasteiger partial charge in [0.15, 0.2) is 5.76 Å². The Bertz CT molecular complexity index is 915. The second-order valence-electron chi connectivity index (χ2n) is 6.16. The third kappa shape index (κ3) is 3.02. The monoisotopic (exact) mass is 399 g/mol. The highest BCUT2D eigenvalue weighted by atomic mass is 79.9. The lowest BCUT2D eigenvalue weighted by molar-refractivity contribution is 0.0716. The summed E-state index contributed by atoms with van der Waals surface area (Å²) in [5, 5.41) is 0.977. The number of hydrogen-bond acceptors (Lipinski definition) is 4. The van der Waals surface area contributed by atoms with Crippen LogP contribution in [0.2, 0.25) is 0 Å². The maximum Gasteiger partial charge on any atom is 0.290 e. The Morgan fingerprint density at radius 2 is 1.96 bits per heavy atom. The highest BCUT2D eigenvalue weighted by Gasteiger charge is 2.27. The van der Waals surface area contributed by atoms with Gasteiger partial charge in [-0.2, -0.15) is 0 Å². The van der Waals surface area contributed by atoms with Crippen molar-refractivity contribution in [2.24, 2.45) is 0 Å². The average Bonchev–Trinajstić information content (AvgIpc) is 2.98. The summed E-state index contributed by atoms with van der Waals surface area (Å²) in [6.45, 7) is 4.81. The van der Waals surface area contributed by atoms with E-state index in [0.29, 0.717) is 18.8 Å². The van der Waals surface area contributed by atoms with Crippen LogP contribution < -0.4 is 4.90 Å². The maximum absolute atomic E-state index is 12.9. The molecule has 1 aliphatic rings. The van der Waals surface area contributed by atoms with E-state index in [0.717, 1.165) is 39.9 Å². The van der Waals surface area contributed by atoms with E-state index in [-0.39, 0.29) is 5.91 Å². The number of pyridine rings is 1. The van der Waals surface area contributed by atoms with Crippen molar-refractivity contribution in [2.75, 3.05) is 31.1 Å². The number of aryl methyl sites for hydroxylation is 1. The second-order valence-corrected chi connectivity index (χ2v) is 7.08.